The van der Waals surface area contributed by atoms with E-state index in [1.54, 1.807) is 0 Å². The van der Waals surface area contributed by atoms with Gasteiger partial charge < -0.3 is 10.6 Å². The van der Waals surface area contributed by atoms with Crippen molar-refractivity contribution in [1.82, 2.24) is 4.90 Å². The van der Waals surface area contributed by atoms with Crippen LogP contribution in [0.25, 0.3) is 0 Å². The highest BCUT2D eigenvalue weighted by Gasteiger charge is 2.42. The third kappa shape index (κ3) is 3.63. The molecule has 0 aromatic carbocycles. The minimum absolute atomic E-state index is 0. The predicted octanol–water partition coefficient (Wildman–Crippen LogP) is 3.11. The Labute approximate surface area is 123 Å². The van der Waals surface area contributed by atoms with E-state index < -0.39 is 5.54 Å². The second-order valence-electron chi connectivity index (χ2n) is 6.75. The Bertz CT molecular complexity index is 311. The van der Waals surface area contributed by atoms with E-state index in [2.05, 4.69) is 18.7 Å². The normalized spacial score (nSPS) is 29.9. The van der Waals surface area contributed by atoms with Crippen LogP contribution in [0.5, 0.6) is 0 Å². The van der Waals surface area contributed by atoms with E-state index in [4.69, 9.17) is 5.73 Å². The summed E-state index contributed by atoms with van der Waals surface area (Å²) in [6.07, 6.45) is 8.80. The maximum atomic E-state index is 12.6. The molecule has 2 rings (SSSR count). The van der Waals surface area contributed by atoms with Crippen LogP contribution in [0, 0.1) is 5.41 Å². The van der Waals surface area contributed by atoms with Gasteiger partial charge in [0.1, 0.15) is 0 Å². The zero-order chi connectivity index (χ0) is 13.2. The Hall–Kier alpha value is -0.280. The Morgan fingerprint density at radius 3 is 2.42 bits per heavy atom. The molecule has 1 unspecified atom stereocenters. The molecule has 1 saturated heterocycles. The van der Waals surface area contributed by atoms with Gasteiger partial charge in [-0.15, -0.1) is 12.4 Å². The molecule has 1 aliphatic carbocycles. The van der Waals surface area contributed by atoms with Crippen molar-refractivity contribution < 1.29 is 4.79 Å². The Kier molecular flexibility index (Phi) is 5.69. The van der Waals surface area contributed by atoms with Crippen LogP contribution < -0.4 is 5.73 Å². The maximum absolute atomic E-state index is 12.6. The first-order valence-electron chi connectivity index (χ1n) is 7.57. The molecular formula is C15H29ClN2O. The van der Waals surface area contributed by atoms with Crippen LogP contribution in [0.1, 0.15) is 65.2 Å². The average molecular weight is 289 g/mol. The molecule has 3 nitrogen and oxygen atoms in total. The van der Waals surface area contributed by atoms with Gasteiger partial charge in [-0.3, -0.25) is 4.79 Å². The topological polar surface area (TPSA) is 46.3 Å². The molecule has 1 saturated carbocycles. The lowest BCUT2D eigenvalue weighted by Gasteiger charge is -2.43. The van der Waals surface area contributed by atoms with Gasteiger partial charge in [-0.2, -0.15) is 0 Å². The Balaban J connectivity index is 0.00000180. The number of carbonyl (C=O) groups excluding carboxylic acids is 1. The number of rotatable bonds is 3. The molecule has 112 valence electrons. The highest BCUT2D eigenvalue weighted by atomic mass is 35.5. The summed E-state index contributed by atoms with van der Waals surface area (Å²) >= 11 is 0. The number of nitrogens with two attached hydrogens (primary N) is 1. The van der Waals surface area contributed by atoms with Crippen LogP contribution in [0.2, 0.25) is 0 Å². The van der Waals surface area contributed by atoms with E-state index in [0.29, 0.717) is 5.41 Å². The number of hydrogen-bond donors (Lipinski definition) is 1. The molecule has 0 aromatic heterocycles. The average Bonchev–Trinajstić information content (AvgIpc) is 2.76. The summed E-state index contributed by atoms with van der Waals surface area (Å²) in [5, 5.41) is 0. The van der Waals surface area contributed by atoms with Crippen molar-refractivity contribution in [3.63, 3.8) is 0 Å². The summed E-state index contributed by atoms with van der Waals surface area (Å²) in [7, 11) is 0. The Morgan fingerprint density at radius 2 is 1.84 bits per heavy atom. The molecule has 1 atom stereocenters. The molecule has 4 heteroatoms. The quantitative estimate of drug-likeness (QED) is 0.867. The van der Waals surface area contributed by atoms with Gasteiger partial charge in [-0.1, -0.05) is 33.1 Å². The molecule has 0 radical (unpaired) electrons. The van der Waals surface area contributed by atoms with E-state index in [9.17, 15) is 4.79 Å². The first-order chi connectivity index (χ1) is 8.49. The van der Waals surface area contributed by atoms with Crippen LogP contribution in [0.15, 0.2) is 0 Å². The lowest BCUT2D eigenvalue weighted by molar-refractivity contribution is -0.140. The summed E-state index contributed by atoms with van der Waals surface area (Å²) in [4.78, 5) is 14.7. The van der Waals surface area contributed by atoms with Crippen molar-refractivity contribution in [3.05, 3.63) is 0 Å². The number of amides is 1. The van der Waals surface area contributed by atoms with E-state index in [-0.39, 0.29) is 18.3 Å². The molecule has 2 N–H and O–H groups in total. The number of hydrogen-bond acceptors (Lipinski definition) is 2. The summed E-state index contributed by atoms with van der Waals surface area (Å²) in [5.41, 5.74) is 6.08. The fourth-order valence-corrected chi connectivity index (χ4v) is 3.83. The van der Waals surface area contributed by atoms with Crippen LogP contribution >= 0.6 is 12.4 Å². The van der Waals surface area contributed by atoms with Crippen molar-refractivity contribution >= 4 is 18.3 Å². The van der Waals surface area contributed by atoms with Gasteiger partial charge >= 0.3 is 0 Å². The van der Waals surface area contributed by atoms with Gasteiger partial charge in [-0.05, 0) is 37.5 Å². The molecule has 2 aliphatic rings. The van der Waals surface area contributed by atoms with E-state index in [1.165, 1.54) is 19.3 Å². The zero-order valence-electron chi connectivity index (χ0n) is 12.4. The fourth-order valence-electron chi connectivity index (χ4n) is 3.83. The number of halogens is 1. The third-order valence-corrected chi connectivity index (χ3v) is 4.84. The molecule has 0 bridgehead atoms. The van der Waals surface area contributed by atoms with Crippen molar-refractivity contribution in [2.24, 2.45) is 11.1 Å². The third-order valence-electron chi connectivity index (χ3n) is 4.84. The first-order valence-corrected chi connectivity index (χ1v) is 7.57. The van der Waals surface area contributed by atoms with Gasteiger partial charge in [0.25, 0.3) is 0 Å². The smallest absolute Gasteiger partial charge is 0.242 e. The van der Waals surface area contributed by atoms with Gasteiger partial charge in [-0.25, -0.2) is 0 Å². The summed E-state index contributed by atoms with van der Waals surface area (Å²) in [6.45, 7) is 6.39. The van der Waals surface area contributed by atoms with Gasteiger partial charge in [0.2, 0.25) is 5.91 Å². The van der Waals surface area contributed by atoms with E-state index in [1.807, 2.05) is 0 Å². The van der Waals surface area contributed by atoms with Gasteiger partial charge in [0.05, 0.1) is 5.54 Å². The van der Waals surface area contributed by atoms with Crippen molar-refractivity contribution in [2.75, 3.05) is 13.1 Å². The molecule has 2 fully saturated rings. The number of likely N-dealkylation sites (tertiary alicyclic amines) is 1. The SMILES string of the molecule is CCCC1(C)CCCN(C(=O)C2(N)CCCC2)C1.Cl. The molecule has 1 aliphatic heterocycles. The van der Waals surface area contributed by atoms with Crippen LogP contribution in [-0.2, 0) is 4.79 Å². The van der Waals surface area contributed by atoms with Gasteiger partial charge in [0, 0.05) is 13.1 Å². The van der Waals surface area contributed by atoms with E-state index in [0.717, 1.165) is 45.2 Å². The largest absolute Gasteiger partial charge is 0.341 e. The van der Waals surface area contributed by atoms with Crippen molar-refractivity contribution in [1.29, 1.82) is 0 Å². The number of piperidine rings is 1. The summed E-state index contributed by atoms with van der Waals surface area (Å²) in [6, 6.07) is 0. The zero-order valence-corrected chi connectivity index (χ0v) is 13.2. The summed E-state index contributed by atoms with van der Waals surface area (Å²) < 4.78 is 0. The molecule has 0 spiro atoms. The van der Waals surface area contributed by atoms with Crippen LogP contribution in [0.3, 0.4) is 0 Å². The van der Waals surface area contributed by atoms with Crippen molar-refractivity contribution in [2.45, 2.75) is 70.8 Å². The standard InChI is InChI=1S/C15H28N2O.ClH/c1-3-7-14(2)8-6-11-17(12-14)13(18)15(16)9-4-5-10-15;/h3-12,16H2,1-2H3;1H. The lowest BCUT2D eigenvalue weighted by atomic mass is 9.77. The van der Waals surface area contributed by atoms with Gasteiger partial charge in [0.15, 0.2) is 0 Å². The molecule has 19 heavy (non-hydrogen) atoms. The van der Waals surface area contributed by atoms with Crippen molar-refractivity contribution in [3.8, 4) is 0 Å². The second-order valence-corrected chi connectivity index (χ2v) is 6.75. The highest BCUT2D eigenvalue weighted by Crippen LogP contribution is 2.36. The number of carbonyl (C=O) groups is 1. The molecule has 0 aromatic rings. The first kappa shape index (κ1) is 16.8. The minimum atomic E-state index is -0.537. The maximum Gasteiger partial charge on any atom is 0.242 e. The Morgan fingerprint density at radius 1 is 1.21 bits per heavy atom. The summed E-state index contributed by atoms with van der Waals surface area (Å²) in [5.74, 6) is 0.224. The number of nitrogens with zero attached hydrogens (tertiary/aromatic N) is 1. The second kappa shape index (κ2) is 6.45. The monoisotopic (exact) mass is 288 g/mol. The lowest BCUT2D eigenvalue weighted by Crippen LogP contribution is -2.57. The van der Waals surface area contributed by atoms with Crippen LogP contribution in [0.4, 0.5) is 0 Å². The fraction of sp³-hybridized carbons (Fsp3) is 0.933. The van der Waals surface area contributed by atoms with E-state index >= 15 is 0 Å². The predicted molar refractivity (Wildman–Crippen MR) is 81.5 cm³/mol. The minimum Gasteiger partial charge on any atom is -0.341 e. The molecular weight excluding hydrogens is 260 g/mol. The highest BCUT2D eigenvalue weighted by molar-refractivity contribution is 5.86. The van der Waals surface area contributed by atoms with Crippen LogP contribution in [-0.4, -0.2) is 29.4 Å². The molecule has 1 heterocycles. The molecule has 1 amide bonds.